The van der Waals surface area contributed by atoms with Crippen LogP contribution >= 0.6 is 0 Å². The van der Waals surface area contributed by atoms with Gasteiger partial charge in [0, 0.05) is 17.9 Å². The monoisotopic (exact) mass is 353 g/mol. The molecular formula is C22H27NO3. The van der Waals surface area contributed by atoms with Crippen LogP contribution in [0.2, 0.25) is 0 Å². The molecule has 1 aromatic rings. The smallest absolute Gasteiger partial charge is 0.175 e. The second-order valence-corrected chi connectivity index (χ2v) is 9.42. The van der Waals surface area contributed by atoms with Crippen LogP contribution in [-0.2, 0) is 15.9 Å². The van der Waals surface area contributed by atoms with Crippen LogP contribution in [0, 0.1) is 47.3 Å². The lowest BCUT2D eigenvalue weighted by atomic mass is 9.57. The molecule has 1 saturated heterocycles. The molecule has 4 nitrogen and oxygen atoms in total. The van der Waals surface area contributed by atoms with E-state index in [0.717, 1.165) is 67.4 Å². The standard InChI is InChI=1S/C22H27NO3/c1-24-12-4-2-11(3-5-12)6-7-23-21-17-13-10-14-16-15(13)18(21)20(16)22(19(14)17)25-8-9-26-22/h2-5,13-21,23H,6-10H2,1H3/t13-,14+,15-,16+,17+,18-,19-,20+,21-/m0/s1. The van der Waals surface area contributed by atoms with E-state index in [1.54, 1.807) is 7.11 Å². The first-order valence-electron chi connectivity index (χ1n) is 10.5. The molecule has 2 bridgehead atoms. The molecule has 0 amide bonds. The van der Waals surface area contributed by atoms with Gasteiger partial charge in [-0.25, -0.2) is 0 Å². The Balaban J connectivity index is 1.10. The van der Waals surface area contributed by atoms with Crippen molar-refractivity contribution in [2.75, 3.05) is 26.9 Å². The Morgan fingerprint density at radius 1 is 1.00 bits per heavy atom. The van der Waals surface area contributed by atoms with Gasteiger partial charge in [-0.15, -0.1) is 0 Å². The molecule has 9 atom stereocenters. The molecule has 5 aliphatic carbocycles. The average molecular weight is 353 g/mol. The molecule has 0 unspecified atom stereocenters. The van der Waals surface area contributed by atoms with E-state index in [9.17, 15) is 0 Å². The van der Waals surface area contributed by atoms with Gasteiger partial charge in [0.15, 0.2) is 5.79 Å². The normalized spacial score (nSPS) is 50.1. The van der Waals surface area contributed by atoms with Gasteiger partial charge < -0.3 is 19.5 Å². The predicted molar refractivity (Wildman–Crippen MR) is 95.7 cm³/mol. The fraction of sp³-hybridized carbons (Fsp3) is 0.727. The van der Waals surface area contributed by atoms with Crippen LogP contribution in [0.25, 0.3) is 0 Å². The van der Waals surface area contributed by atoms with Gasteiger partial charge in [0.1, 0.15) is 5.75 Å². The van der Waals surface area contributed by atoms with Crippen LogP contribution in [0.1, 0.15) is 12.0 Å². The number of ether oxygens (including phenoxy) is 3. The Morgan fingerprint density at radius 2 is 1.81 bits per heavy atom. The van der Waals surface area contributed by atoms with Crippen molar-refractivity contribution in [2.24, 2.45) is 47.3 Å². The number of rotatable bonds is 5. The van der Waals surface area contributed by atoms with Crippen LogP contribution < -0.4 is 10.1 Å². The number of nitrogens with one attached hydrogen (secondary N) is 1. The average Bonchev–Trinajstić information content (AvgIpc) is 3.34. The van der Waals surface area contributed by atoms with Gasteiger partial charge in [-0.1, -0.05) is 12.1 Å². The van der Waals surface area contributed by atoms with Gasteiger partial charge >= 0.3 is 0 Å². The number of hydrogen-bond donors (Lipinski definition) is 1. The maximum Gasteiger partial charge on any atom is 0.175 e. The van der Waals surface area contributed by atoms with E-state index in [0.29, 0.717) is 17.9 Å². The first-order chi connectivity index (χ1) is 12.8. The van der Waals surface area contributed by atoms with E-state index in [4.69, 9.17) is 14.2 Å². The van der Waals surface area contributed by atoms with Crippen molar-refractivity contribution < 1.29 is 14.2 Å². The van der Waals surface area contributed by atoms with Gasteiger partial charge in [0.2, 0.25) is 0 Å². The van der Waals surface area contributed by atoms with Gasteiger partial charge in [0.05, 0.1) is 20.3 Å². The second kappa shape index (κ2) is 4.84. The molecule has 7 rings (SSSR count). The summed E-state index contributed by atoms with van der Waals surface area (Å²) >= 11 is 0. The van der Waals surface area contributed by atoms with E-state index in [1.807, 2.05) is 0 Å². The van der Waals surface area contributed by atoms with Crippen molar-refractivity contribution in [1.82, 2.24) is 5.32 Å². The first kappa shape index (κ1) is 14.9. The largest absolute Gasteiger partial charge is 0.497 e. The molecule has 6 aliphatic rings. The Labute approximate surface area is 154 Å². The summed E-state index contributed by atoms with van der Waals surface area (Å²) in [6, 6.07) is 9.22. The third-order valence-electron chi connectivity index (χ3n) is 9.07. The highest BCUT2D eigenvalue weighted by Gasteiger charge is 2.88. The molecule has 6 fully saturated rings. The summed E-state index contributed by atoms with van der Waals surface area (Å²) in [5, 5.41) is 4.00. The zero-order valence-corrected chi connectivity index (χ0v) is 15.3. The number of fused-ring (bicyclic) bond motifs is 4. The molecular weight excluding hydrogens is 326 g/mol. The topological polar surface area (TPSA) is 39.7 Å². The van der Waals surface area contributed by atoms with Gasteiger partial charge in [-0.05, 0) is 72.6 Å². The van der Waals surface area contributed by atoms with Crippen molar-refractivity contribution in [3.63, 3.8) is 0 Å². The molecule has 4 heteroatoms. The number of hydrogen-bond acceptors (Lipinski definition) is 4. The van der Waals surface area contributed by atoms with E-state index in [-0.39, 0.29) is 5.79 Å². The van der Waals surface area contributed by atoms with E-state index in [2.05, 4.69) is 29.6 Å². The molecule has 5 saturated carbocycles. The maximum atomic E-state index is 6.35. The minimum Gasteiger partial charge on any atom is -0.497 e. The van der Waals surface area contributed by atoms with Crippen LogP contribution in [0.3, 0.4) is 0 Å². The Kier molecular flexibility index (Phi) is 2.77. The van der Waals surface area contributed by atoms with E-state index >= 15 is 0 Å². The quantitative estimate of drug-likeness (QED) is 0.882. The van der Waals surface area contributed by atoms with Gasteiger partial charge in [-0.2, -0.15) is 0 Å². The number of benzene rings is 1. The molecule has 1 heterocycles. The molecule has 0 aromatic heterocycles. The Morgan fingerprint density at radius 3 is 2.58 bits per heavy atom. The minimum atomic E-state index is -0.166. The Hall–Kier alpha value is -1.10. The van der Waals surface area contributed by atoms with Gasteiger partial charge in [0.25, 0.3) is 0 Å². The van der Waals surface area contributed by atoms with E-state index < -0.39 is 0 Å². The lowest BCUT2D eigenvalue weighted by molar-refractivity contribution is -0.264. The zero-order chi connectivity index (χ0) is 17.0. The predicted octanol–water partition coefficient (Wildman–Crippen LogP) is 2.33. The fourth-order valence-electron chi connectivity index (χ4n) is 8.76. The molecule has 1 aromatic carbocycles. The van der Waals surface area contributed by atoms with Crippen molar-refractivity contribution >= 4 is 0 Å². The zero-order valence-electron chi connectivity index (χ0n) is 15.3. The lowest BCUT2D eigenvalue weighted by Gasteiger charge is -2.54. The van der Waals surface area contributed by atoms with Gasteiger partial charge in [-0.3, -0.25) is 0 Å². The molecule has 0 radical (unpaired) electrons. The molecule has 1 aliphatic heterocycles. The summed E-state index contributed by atoms with van der Waals surface area (Å²) in [7, 11) is 1.72. The van der Waals surface area contributed by atoms with Crippen molar-refractivity contribution in [3.8, 4) is 5.75 Å². The third kappa shape index (κ3) is 1.49. The highest BCUT2D eigenvalue weighted by molar-refractivity contribution is 5.35. The second-order valence-electron chi connectivity index (χ2n) is 9.42. The van der Waals surface area contributed by atoms with Crippen LogP contribution in [-0.4, -0.2) is 38.7 Å². The van der Waals surface area contributed by atoms with Crippen LogP contribution in [0.5, 0.6) is 5.75 Å². The first-order valence-corrected chi connectivity index (χ1v) is 10.5. The number of methoxy groups -OCH3 is 1. The summed E-state index contributed by atoms with van der Waals surface area (Å²) in [6.45, 7) is 2.71. The molecule has 1 N–H and O–H groups in total. The molecule has 1 spiro atoms. The summed E-state index contributed by atoms with van der Waals surface area (Å²) in [4.78, 5) is 0. The Bertz CT molecular complexity index is 742. The van der Waals surface area contributed by atoms with Crippen molar-refractivity contribution in [1.29, 1.82) is 0 Å². The lowest BCUT2D eigenvalue weighted by Crippen LogP contribution is -2.62. The summed E-state index contributed by atoms with van der Waals surface area (Å²) in [5.41, 5.74) is 1.39. The SMILES string of the molecule is COc1ccc(CCN[C@@H]2[C@H]3[C@H]4[C@@H]5C[C@@H]6[C@H]4[C@H]3C3(OCCO3)[C@@H]6[C@@H]52)cc1. The van der Waals surface area contributed by atoms with Crippen LogP contribution in [0.15, 0.2) is 24.3 Å². The van der Waals surface area contributed by atoms with E-state index in [1.165, 1.54) is 12.0 Å². The van der Waals surface area contributed by atoms with Crippen molar-refractivity contribution in [3.05, 3.63) is 29.8 Å². The molecule has 26 heavy (non-hydrogen) atoms. The molecule has 138 valence electrons. The summed E-state index contributed by atoms with van der Waals surface area (Å²) in [6.07, 6.45) is 2.55. The summed E-state index contributed by atoms with van der Waals surface area (Å²) in [5.74, 6) is 7.53. The maximum absolute atomic E-state index is 6.35. The van der Waals surface area contributed by atoms with Crippen molar-refractivity contribution in [2.45, 2.75) is 24.7 Å². The minimum absolute atomic E-state index is 0.166. The highest BCUT2D eigenvalue weighted by atomic mass is 16.7. The fourth-order valence-corrected chi connectivity index (χ4v) is 8.76. The van der Waals surface area contributed by atoms with Crippen LogP contribution in [0.4, 0.5) is 0 Å². The summed E-state index contributed by atoms with van der Waals surface area (Å²) < 4.78 is 18.0. The highest BCUT2D eigenvalue weighted by Crippen LogP contribution is 2.86. The third-order valence-corrected chi connectivity index (χ3v) is 9.07.